The quantitative estimate of drug-likeness (QED) is 0.385. The highest BCUT2D eigenvalue weighted by molar-refractivity contribution is 6.17. The monoisotopic (exact) mass is 440 g/mol. The number of carbonyl (C=O) groups excluding carboxylic acids is 1. The summed E-state index contributed by atoms with van der Waals surface area (Å²) in [7, 11) is 1.43. The second-order valence-electron chi connectivity index (χ2n) is 9.16. The molecular formula is C24H29ClN4O2. The summed E-state index contributed by atoms with van der Waals surface area (Å²) in [5.41, 5.74) is 5.92. The van der Waals surface area contributed by atoms with Crippen molar-refractivity contribution in [2.75, 3.05) is 7.11 Å². The van der Waals surface area contributed by atoms with E-state index < -0.39 is 5.41 Å². The molecule has 1 saturated carbocycles. The molecule has 0 spiro atoms. The van der Waals surface area contributed by atoms with E-state index in [0.29, 0.717) is 11.8 Å². The van der Waals surface area contributed by atoms with Gasteiger partial charge in [0.2, 0.25) is 0 Å². The van der Waals surface area contributed by atoms with Crippen LogP contribution in [0.1, 0.15) is 60.6 Å². The van der Waals surface area contributed by atoms with Crippen molar-refractivity contribution in [1.82, 2.24) is 20.0 Å². The SMILES string of the molecule is COC(=O)C(C)(C)C(c1cnc(C)c(CCl)c1)c1ccc2c(nnn2CC2CC2)c1C. The number of aromatic nitrogens is 4. The molecule has 1 aliphatic rings. The van der Waals surface area contributed by atoms with E-state index in [1.165, 1.54) is 20.0 Å². The number of halogens is 1. The maximum atomic E-state index is 12.8. The Balaban J connectivity index is 1.88. The van der Waals surface area contributed by atoms with Crippen molar-refractivity contribution in [2.45, 2.75) is 58.9 Å². The molecule has 0 aliphatic heterocycles. The third-order valence-corrected chi connectivity index (χ3v) is 6.83. The summed E-state index contributed by atoms with van der Waals surface area (Å²) in [6.07, 6.45) is 4.36. The summed E-state index contributed by atoms with van der Waals surface area (Å²) in [5, 5.41) is 8.90. The zero-order chi connectivity index (χ0) is 22.3. The van der Waals surface area contributed by atoms with Crippen LogP contribution in [0.2, 0.25) is 0 Å². The second kappa shape index (κ2) is 8.23. The van der Waals surface area contributed by atoms with E-state index in [0.717, 1.165) is 45.5 Å². The molecule has 7 heteroatoms. The fourth-order valence-electron chi connectivity index (χ4n) is 4.43. The van der Waals surface area contributed by atoms with Crippen molar-refractivity contribution >= 4 is 28.6 Å². The number of fused-ring (bicyclic) bond motifs is 1. The fourth-order valence-corrected chi connectivity index (χ4v) is 4.70. The normalized spacial score (nSPS) is 15.3. The van der Waals surface area contributed by atoms with Crippen molar-refractivity contribution < 1.29 is 9.53 Å². The van der Waals surface area contributed by atoms with Crippen molar-refractivity contribution in [1.29, 1.82) is 0 Å². The number of carbonyl (C=O) groups is 1. The molecule has 1 fully saturated rings. The summed E-state index contributed by atoms with van der Waals surface area (Å²) in [5.74, 6) is 0.532. The van der Waals surface area contributed by atoms with Crippen LogP contribution in [0.4, 0.5) is 0 Å². The molecular weight excluding hydrogens is 412 g/mol. The molecule has 164 valence electrons. The topological polar surface area (TPSA) is 69.9 Å². The second-order valence-corrected chi connectivity index (χ2v) is 9.42. The van der Waals surface area contributed by atoms with Gasteiger partial charge < -0.3 is 4.74 Å². The van der Waals surface area contributed by atoms with Crippen LogP contribution < -0.4 is 0 Å². The molecule has 0 amide bonds. The Morgan fingerprint density at radius 2 is 2.06 bits per heavy atom. The highest BCUT2D eigenvalue weighted by Crippen LogP contribution is 2.44. The zero-order valence-electron chi connectivity index (χ0n) is 18.8. The van der Waals surface area contributed by atoms with Crippen molar-refractivity contribution in [3.63, 3.8) is 0 Å². The first-order valence-corrected chi connectivity index (χ1v) is 11.2. The lowest BCUT2D eigenvalue weighted by atomic mass is 9.70. The third kappa shape index (κ3) is 3.93. The van der Waals surface area contributed by atoms with Gasteiger partial charge in [-0.25, -0.2) is 4.68 Å². The predicted molar refractivity (Wildman–Crippen MR) is 121 cm³/mol. The van der Waals surface area contributed by atoms with Gasteiger partial charge in [-0.2, -0.15) is 0 Å². The first-order valence-electron chi connectivity index (χ1n) is 10.7. The number of rotatable bonds is 7. The molecule has 1 aromatic carbocycles. The van der Waals surface area contributed by atoms with Gasteiger partial charge in [-0.05, 0) is 74.8 Å². The molecule has 0 saturated heterocycles. The lowest BCUT2D eigenvalue weighted by Crippen LogP contribution is -2.34. The lowest BCUT2D eigenvalue weighted by Gasteiger charge is -2.33. The van der Waals surface area contributed by atoms with Crippen LogP contribution in [0.15, 0.2) is 24.4 Å². The highest BCUT2D eigenvalue weighted by atomic mass is 35.5. The number of hydrogen-bond donors (Lipinski definition) is 0. The predicted octanol–water partition coefficient (Wildman–Crippen LogP) is 4.92. The minimum atomic E-state index is -0.822. The van der Waals surface area contributed by atoms with Crippen molar-refractivity contribution in [2.24, 2.45) is 11.3 Å². The number of pyridine rings is 1. The Bertz CT molecular complexity index is 1130. The minimum absolute atomic E-state index is 0.270. The van der Waals surface area contributed by atoms with Crippen LogP contribution in [0, 0.1) is 25.2 Å². The number of hydrogen-bond acceptors (Lipinski definition) is 5. The number of nitrogens with zero attached hydrogens (tertiary/aromatic N) is 4. The largest absolute Gasteiger partial charge is 0.469 e. The standard InChI is InChI=1S/C24H29ClN4O2/c1-14-19(8-9-20-22(14)27-28-29(20)13-16-6-7-16)21(24(3,4)23(30)31-5)18-10-17(11-25)15(2)26-12-18/h8-10,12,16,21H,6-7,11,13H2,1-5H3. The van der Waals surface area contributed by atoms with Gasteiger partial charge in [0.15, 0.2) is 0 Å². The summed E-state index contributed by atoms with van der Waals surface area (Å²) in [6, 6.07) is 6.22. The Hall–Kier alpha value is -2.47. The van der Waals surface area contributed by atoms with Crippen LogP contribution in [0.25, 0.3) is 11.0 Å². The van der Waals surface area contributed by atoms with Crippen molar-refractivity contribution in [3.8, 4) is 0 Å². The van der Waals surface area contributed by atoms with Gasteiger partial charge in [-0.15, -0.1) is 16.7 Å². The molecule has 0 N–H and O–H groups in total. The molecule has 2 heterocycles. The van der Waals surface area contributed by atoms with E-state index in [1.54, 1.807) is 0 Å². The van der Waals surface area contributed by atoms with Gasteiger partial charge in [-0.3, -0.25) is 9.78 Å². The van der Waals surface area contributed by atoms with E-state index in [-0.39, 0.29) is 11.9 Å². The van der Waals surface area contributed by atoms with E-state index in [9.17, 15) is 4.79 Å². The van der Waals surface area contributed by atoms with Crippen LogP contribution in [-0.4, -0.2) is 33.1 Å². The van der Waals surface area contributed by atoms with E-state index in [4.69, 9.17) is 16.3 Å². The number of aryl methyl sites for hydroxylation is 2. The summed E-state index contributed by atoms with van der Waals surface area (Å²) < 4.78 is 7.19. The molecule has 0 bridgehead atoms. The van der Waals surface area contributed by atoms with Gasteiger partial charge in [0.05, 0.1) is 18.0 Å². The molecule has 4 rings (SSSR count). The smallest absolute Gasteiger partial charge is 0.312 e. The first-order chi connectivity index (χ1) is 14.8. The van der Waals surface area contributed by atoms with Gasteiger partial charge >= 0.3 is 5.97 Å². The highest BCUT2D eigenvalue weighted by Gasteiger charge is 2.41. The Kier molecular flexibility index (Phi) is 5.77. The average molecular weight is 441 g/mol. The number of ether oxygens (including phenoxy) is 1. The number of esters is 1. The summed E-state index contributed by atoms with van der Waals surface area (Å²) in [6.45, 7) is 8.73. The molecule has 1 atom stereocenters. The Morgan fingerprint density at radius 1 is 1.32 bits per heavy atom. The van der Waals surface area contributed by atoms with Gasteiger partial charge in [-0.1, -0.05) is 17.3 Å². The summed E-state index contributed by atoms with van der Waals surface area (Å²) >= 11 is 6.17. The fraction of sp³-hybridized carbons (Fsp3) is 0.500. The molecule has 2 aromatic heterocycles. The maximum Gasteiger partial charge on any atom is 0.312 e. The first kappa shape index (κ1) is 21.8. The molecule has 6 nitrogen and oxygen atoms in total. The maximum absolute atomic E-state index is 12.8. The summed E-state index contributed by atoms with van der Waals surface area (Å²) in [4.78, 5) is 17.4. The molecule has 1 aliphatic carbocycles. The number of alkyl halides is 1. The van der Waals surface area contributed by atoms with Gasteiger partial charge in [0, 0.05) is 30.2 Å². The number of benzene rings is 1. The minimum Gasteiger partial charge on any atom is -0.469 e. The van der Waals surface area contributed by atoms with Crippen LogP contribution in [0.3, 0.4) is 0 Å². The van der Waals surface area contributed by atoms with E-state index >= 15 is 0 Å². The van der Waals surface area contributed by atoms with Gasteiger partial charge in [0.1, 0.15) is 5.52 Å². The molecule has 0 radical (unpaired) electrons. The molecule has 1 unspecified atom stereocenters. The average Bonchev–Trinajstić information content (AvgIpc) is 3.48. The molecule has 31 heavy (non-hydrogen) atoms. The van der Waals surface area contributed by atoms with Crippen molar-refractivity contribution in [3.05, 3.63) is 52.3 Å². The van der Waals surface area contributed by atoms with Gasteiger partial charge in [0.25, 0.3) is 0 Å². The number of methoxy groups -OCH3 is 1. The Labute approximate surface area is 188 Å². The van der Waals surface area contributed by atoms with Crippen LogP contribution in [-0.2, 0) is 22.0 Å². The van der Waals surface area contributed by atoms with Crippen LogP contribution >= 0.6 is 11.6 Å². The Morgan fingerprint density at radius 3 is 2.71 bits per heavy atom. The van der Waals surface area contributed by atoms with Crippen LogP contribution in [0.5, 0.6) is 0 Å². The third-order valence-electron chi connectivity index (χ3n) is 6.54. The van der Waals surface area contributed by atoms with E-state index in [1.807, 2.05) is 31.6 Å². The lowest BCUT2D eigenvalue weighted by molar-refractivity contribution is -0.151. The van der Waals surface area contributed by atoms with E-state index in [2.05, 4.69) is 40.4 Å². The molecule has 3 aromatic rings. The zero-order valence-corrected chi connectivity index (χ0v) is 19.5.